The first kappa shape index (κ1) is 16.2. The van der Waals surface area contributed by atoms with Gasteiger partial charge in [-0.3, -0.25) is 0 Å². The van der Waals surface area contributed by atoms with Crippen molar-refractivity contribution >= 4 is 21.6 Å². The van der Waals surface area contributed by atoms with Gasteiger partial charge >= 0.3 is 6.18 Å². The molecule has 2 heterocycles. The van der Waals surface area contributed by atoms with Crippen molar-refractivity contribution in [2.24, 2.45) is 0 Å². The van der Waals surface area contributed by atoms with Crippen LogP contribution in [-0.2, 0) is 16.2 Å². The molecule has 11 heteroatoms. The van der Waals surface area contributed by atoms with Crippen molar-refractivity contribution in [1.29, 1.82) is 0 Å². The third kappa shape index (κ3) is 2.93. The lowest BCUT2D eigenvalue weighted by atomic mass is 10.2. The van der Waals surface area contributed by atoms with Gasteiger partial charge in [0.15, 0.2) is 0 Å². The average Bonchev–Trinajstić information content (AvgIpc) is 2.89. The lowest BCUT2D eigenvalue weighted by molar-refractivity contribution is -0.137. The van der Waals surface area contributed by atoms with Crippen molar-refractivity contribution < 1.29 is 21.6 Å². The summed E-state index contributed by atoms with van der Waals surface area (Å²) in [5, 5.41) is 6.85. The van der Waals surface area contributed by atoms with Gasteiger partial charge < -0.3 is 0 Å². The highest BCUT2D eigenvalue weighted by atomic mass is 35.5. The van der Waals surface area contributed by atoms with E-state index in [2.05, 4.69) is 10.3 Å². The minimum atomic E-state index is -4.72. The number of sulfonamides is 1. The second-order valence-corrected chi connectivity index (χ2v) is 7.34. The third-order valence-electron chi connectivity index (χ3n) is 3.52. The Morgan fingerprint density at radius 1 is 1.26 bits per heavy atom. The fraction of sp³-hybridized carbons (Fsp3) is 0.333. The molecule has 1 aliphatic heterocycles. The summed E-state index contributed by atoms with van der Waals surface area (Å²) in [5.74, 6) is 0. The van der Waals surface area contributed by atoms with E-state index in [1.165, 1.54) is 10.9 Å². The summed E-state index contributed by atoms with van der Waals surface area (Å²) in [6, 6.07) is 2.38. The minimum absolute atomic E-state index is 0.121. The molecule has 124 valence electrons. The molecular weight excluding hydrogens is 357 g/mol. The van der Waals surface area contributed by atoms with Gasteiger partial charge in [0.25, 0.3) is 0 Å². The lowest BCUT2D eigenvalue weighted by Crippen LogP contribution is -2.50. The van der Waals surface area contributed by atoms with E-state index >= 15 is 0 Å². The highest BCUT2D eigenvalue weighted by molar-refractivity contribution is 7.89. The number of aromatic nitrogens is 3. The molecule has 6 nitrogen and oxygen atoms in total. The number of hydrogen-bond acceptors (Lipinski definition) is 4. The van der Waals surface area contributed by atoms with Gasteiger partial charge in [-0.15, -0.1) is 5.10 Å². The largest absolute Gasteiger partial charge is 0.417 e. The van der Waals surface area contributed by atoms with Gasteiger partial charge in [-0.1, -0.05) is 16.8 Å². The quantitative estimate of drug-likeness (QED) is 0.835. The summed E-state index contributed by atoms with van der Waals surface area (Å²) in [5.41, 5.74) is -1.17. The van der Waals surface area contributed by atoms with Gasteiger partial charge in [0.2, 0.25) is 10.0 Å². The normalized spacial score (nSPS) is 17.2. The molecule has 0 atom stereocenters. The van der Waals surface area contributed by atoms with Crippen molar-refractivity contribution in [3.05, 3.63) is 41.2 Å². The van der Waals surface area contributed by atoms with E-state index in [4.69, 9.17) is 11.6 Å². The molecular formula is C12H10ClF3N4O2S. The Bertz CT molecular complexity index is 817. The summed E-state index contributed by atoms with van der Waals surface area (Å²) < 4.78 is 65.9. The zero-order chi connectivity index (χ0) is 16.8. The Morgan fingerprint density at radius 2 is 1.96 bits per heavy atom. The highest BCUT2D eigenvalue weighted by Gasteiger charge is 2.40. The van der Waals surface area contributed by atoms with Crippen LogP contribution in [0, 0.1) is 0 Å². The fourth-order valence-corrected chi connectivity index (χ4v) is 3.99. The van der Waals surface area contributed by atoms with E-state index in [1.54, 1.807) is 6.20 Å². The van der Waals surface area contributed by atoms with Gasteiger partial charge in [-0.25, -0.2) is 13.1 Å². The number of nitrogens with zero attached hydrogens (tertiary/aromatic N) is 4. The molecule has 1 aromatic carbocycles. The van der Waals surface area contributed by atoms with Crippen LogP contribution in [0.1, 0.15) is 11.6 Å². The van der Waals surface area contributed by atoms with Crippen LogP contribution in [0.25, 0.3) is 0 Å². The van der Waals surface area contributed by atoms with E-state index in [9.17, 15) is 21.6 Å². The summed E-state index contributed by atoms with van der Waals surface area (Å²) in [6.07, 6.45) is -1.66. The molecule has 1 aromatic heterocycles. The maximum atomic E-state index is 12.9. The first-order valence-corrected chi connectivity index (χ1v) is 8.24. The number of benzene rings is 1. The SMILES string of the molecule is O=S(=O)(c1ccc(Cl)c(C(F)(F)F)c1)N1CC(n2ccnn2)C1. The van der Waals surface area contributed by atoms with Crippen LogP contribution in [0.5, 0.6) is 0 Å². The Hall–Kier alpha value is -1.65. The molecule has 0 spiro atoms. The molecule has 0 amide bonds. The van der Waals surface area contributed by atoms with Crippen molar-refractivity contribution in [1.82, 2.24) is 19.3 Å². The second kappa shape index (κ2) is 5.46. The Labute approximate surface area is 134 Å². The van der Waals surface area contributed by atoms with Crippen LogP contribution in [0.2, 0.25) is 5.02 Å². The molecule has 3 rings (SSSR count). The smallest absolute Gasteiger partial charge is 0.247 e. The predicted molar refractivity (Wildman–Crippen MR) is 74.3 cm³/mol. The molecule has 0 bridgehead atoms. The average molecular weight is 367 g/mol. The van der Waals surface area contributed by atoms with Crippen LogP contribution < -0.4 is 0 Å². The van der Waals surface area contributed by atoms with Gasteiger partial charge in [0, 0.05) is 19.3 Å². The number of halogens is 4. The first-order chi connectivity index (χ1) is 10.7. The molecule has 1 aliphatic rings. The number of hydrogen-bond donors (Lipinski definition) is 0. The summed E-state index contributed by atoms with van der Waals surface area (Å²) in [6.45, 7) is 0.241. The van der Waals surface area contributed by atoms with Gasteiger partial charge in [-0.2, -0.15) is 17.5 Å². The standard InChI is InChI=1S/C12H10ClF3N4O2S/c13-11-2-1-9(5-10(11)12(14,15)16)23(21,22)19-6-8(7-19)20-4-3-17-18-20/h1-5,8H,6-7H2. The predicted octanol–water partition coefficient (Wildman–Crippen LogP) is 2.20. The van der Waals surface area contributed by atoms with Crippen molar-refractivity contribution in [3.8, 4) is 0 Å². The molecule has 0 saturated carbocycles. The maximum Gasteiger partial charge on any atom is 0.417 e. The molecule has 1 fully saturated rings. The van der Waals surface area contributed by atoms with E-state index in [0.717, 1.165) is 16.4 Å². The molecule has 1 saturated heterocycles. The Morgan fingerprint density at radius 3 is 2.52 bits per heavy atom. The van der Waals surface area contributed by atoms with Crippen LogP contribution in [0.15, 0.2) is 35.5 Å². The molecule has 0 N–H and O–H groups in total. The monoisotopic (exact) mass is 366 g/mol. The first-order valence-electron chi connectivity index (χ1n) is 6.42. The topological polar surface area (TPSA) is 68.1 Å². The zero-order valence-electron chi connectivity index (χ0n) is 11.4. The lowest BCUT2D eigenvalue weighted by Gasteiger charge is -2.37. The van der Waals surface area contributed by atoms with E-state index in [0.29, 0.717) is 6.07 Å². The van der Waals surface area contributed by atoms with Crippen LogP contribution in [-0.4, -0.2) is 40.8 Å². The fourth-order valence-electron chi connectivity index (χ4n) is 2.22. The molecule has 0 radical (unpaired) electrons. The molecule has 0 unspecified atom stereocenters. The molecule has 23 heavy (non-hydrogen) atoms. The summed E-state index contributed by atoms with van der Waals surface area (Å²) in [4.78, 5) is -0.439. The second-order valence-electron chi connectivity index (χ2n) is 5.00. The molecule has 0 aliphatic carbocycles. The molecule has 2 aromatic rings. The summed E-state index contributed by atoms with van der Waals surface area (Å²) >= 11 is 5.50. The van der Waals surface area contributed by atoms with Gasteiger partial charge in [-0.05, 0) is 18.2 Å². The van der Waals surface area contributed by atoms with Crippen molar-refractivity contribution in [2.45, 2.75) is 17.1 Å². The zero-order valence-corrected chi connectivity index (χ0v) is 13.0. The van der Waals surface area contributed by atoms with Crippen molar-refractivity contribution in [2.75, 3.05) is 13.1 Å². The highest BCUT2D eigenvalue weighted by Crippen LogP contribution is 2.37. The van der Waals surface area contributed by atoms with Crippen LogP contribution in [0.3, 0.4) is 0 Å². The van der Waals surface area contributed by atoms with Gasteiger partial charge in [0.1, 0.15) is 0 Å². The Kier molecular flexibility index (Phi) is 3.85. The summed E-state index contributed by atoms with van der Waals surface area (Å²) in [7, 11) is -4.01. The third-order valence-corrected chi connectivity index (χ3v) is 5.68. The van der Waals surface area contributed by atoms with E-state index in [-0.39, 0.29) is 19.1 Å². The van der Waals surface area contributed by atoms with Gasteiger partial charge in [0.05, 0.1) is 27.7 Å². The maximum absolute atomic E-state index is 12.9. The number of rotatable bonds is 3. The van der Waals surface area contributed by atoms with E-state index < -0.39 is 31.7 Å². The van der Waals surface area contributed by atoms with Crippen LogP contribution >= 0.6 is 11.6 Å². The Balaban J connectivity index is 1.84. The van der Waals surface area contributed by atoms with Crippen LogP contribution in [0.4, 0.5) is 13.2 Å². The van der Waals surface area contributed by atoms with E-state index in [1.807, 2.05) is 0 Å². The minimum Gasteiger partial charge on any atom is -0.247 e. The van der Waals surface area contributed by atoms with Crippen molar-refractivity contribution in [3.63, 3.8) is 0 Å². The number of alkyl halides is 3.